The third-order valence-corrected chi connectivity index (χ3v) is 3.78. The van der Waals surface area contributed by atoms with E-state index >= 15 is 0 Å². The van der Waals surface area contributed by atoms with Crippen molar-refractivity contribution in [3.63, 3.8) is 0 Å². The molecule has 0 aliphatic heterocycles. The molecule has 0 aromatic heterocycles. The molecule has 24 heavy (non-hydrogen) atoms. The molecule has 0 saturated heterocycles. The minimum atomic E-state index is -0.396. The van der Waals surface area contributed by atoms with Crippen LogP contribution in [-0.2, 0) is 11.2 Å². The van der Waals surface area contributed by atoms with Gasteiger partial charge in [-0.2, -0.15) is 0 Å². The number of halogens is 1. The topological polar surface area (TPSA) is 49.4 Å². The number of amides is 2. The number of nitrogens with one attached hydrogen (secondary N) is 1. The van der Waals surface area contributed by atoms with E-state index < -0.39 is 5.82 Å². The van der Waals surface area contributed by atoms with Crippen molar-refractivity contribution in [2.24, 2.45) is 0 Å². The first-order valence-electron chi connectivity index (χ1n) is 7.97. The standard InChI is InChI=1S/C19H21FN2O2/c1-3-22(4-2)19(24)14-9-11-16(12-10-14)21-18(23)13-15-7-5-6-8-17(15)20/h5-12H,3-4,13H2,1-2H3,(H,21,23). The normalized spacial score (nSPS) is 10.3. The number of hydrogen-bond acceptors (Lipinski definition) is 2. The molecule has 0 unspecified atom stereocenters. The molecular formula is C19H21FN2O2. The van der Waals surface area contributed by atoms with Crippen molar-refractivity contribution in [3.05, 3.63) is 65.5 Å². The molecule has 0 saturated carbocycles. The number of nitrogens with zero attached hydrogens (tertiary/aromatic N) is 1. The van der Waals surface area contributed by atoms with E-state index in [2.05, 4.69) is 5.32 Å². The highest BCUT2D eigenvalue weighted by molar-refractivity contribution is 5.96. The van der Waals surface area contributed by atoms with Gasteiger partial charge in [0, 0.05) is 24.3 Å². The summed E-state index contributed by atoms with van der Waals surface area (Å²) in [5.41, 5.74) is 1.50. The molecule has 0 aliphatic carbocycles. The van der Waals surface area contributed by atoms with Crippen molar-refractivity contribution in [2.75, 3.05) is 18.4 Å². The highest BCUT2D eigenvalue weighted by Crippen LogP contribution is 2.13. The molecule has 0 aliphatic rings. The first kappa shape index (κ1) is 17.7. The molecule has 2 rings (SSSR count). The van der Waals surface area contributed by atoms with Crippen LogP contribution in [-0.4, -0.2) is 29.8 Å². The molecule has 1 N–H and O–H groups in total. The third kappa shape index (κ3) is 4.41. The zero-order valence-corrected chi connectivity index (χ0v) is 13.9. The average molecular weight is 328 g/mol. The fourth-order valence-electron chi connectivity index (χ4n) is 2.41. The Hall–Kier alpha value is -2.69. The van der Waals surface area contributed by atoms with Gasteiger partial charge in [-0.3, -0.25) is 9.59 Å². The summed E-state index contributed by atoms with van der Waals surface area (Å²) in [6.07, 6.45) is -0.0349. The van der Waals surface area contributed by atoms with E-state index in [1.807, 2.05) is 13.8 Å². The zero-order chi connectivity index (χ0) is 17.5. The Morgan fingerprint density at radius 2 is 1.62 bits per heavy atom. The Labute approximate surface area is 141 Å². The predicted octanol–water partition coefficient (Wildman–Crippen LogP) is 3.49. The maximum Gasteiger partial charge on any atom is 0.253 e. The van der Waals surface area contributed by atoms with E-state index in [0.717, 1.165) is 0 Å². The Balaban J connectivity index is 2.00. The van der Waals surface area contributed by atoms with E-state index in [9.17, 15) is 14.0 Å². The summed E-state index contributed by atoms with van der Waals surface area (Å²) in [6.45, 7) is 5.16. The lowest BCUT2D eigenvalue weighted by Gasteiger charge is -2.18. The maximum absolute atomic E-state index is 13.6. The van der Waals surface area contributed by atoms with Gasteiger partial charge < -0.3 is 10.2 Å². The summed E-state index contributed by atoms with van der Waals surface area (Å²) in [7, 11) is 0. The molecule has 0 bridgehead atoms. The highest BCUT2D eigenvalue weighted by atomic mass is 19.1. The molecule has 2 aromatic rings. The largest absolute Gasteiger partial charge is 0.339 e. The maximum atomic E-state index is 13.6. The molecule has 2 aromatic carbocycles. The van der Waals surface area contributed by atoms with Gasteiger partial charge in [-0.15, -0.1) is 0 Å². The van der Waals surface area contributed by atoms with Crippen molar-refractivity contribution in [1.82, 2.24) is 4.90 Å². The number of benzene rings is 2. The number of anilines is 1. The fraction of sp³-hybridized carbons (Fsp3) is 0.263. The summed E-state index contributed by atoms with van der Waals surface area (Å²) < 4.78 is 13.6. The summed E-state index contributed by atoms with van der Waals surface area (Å²) >= 11 is 0. The third-order valence-electron chi connectivity index (χ3n) is 3.78. The van der Waals surface area contributed by atoms with Gasteiger partial charge in [0.05, 0.1) is 6.42 Å². The minimum Gasteiger partial charge on any atom is -0.339 e. The second kappa shape index (κ2) is 8.24. The number of carbonyl (C=O) groups excluding carboxylic acids is 2. The summed E-state index contributed by atoms with van der Waals surface area (Å²) in [6, 6.07) is 12.9. The van der Waals surface area contributed by atoms with Crippen LogP contribution >= 0.6 is 0 Å². The Morgan fingerprint density at radius 3 is 2.21 bits per heavy atom. The number of rotatable bonds is 6. The quantitative estimate of drug-likeness (QED) is 0.882. The molecule has 4 nitrogen and oxygen atoms in total. The van der Waals surface area contributed by atoms with E-state index in [4.69, 9.17) is 0 Å². The van der Waals surface area contributed by atoms with Crippen LogP contribution < -0.4 is 5.32 Å². The lowest BCUT2D eigenvalue weighted by atomic mass is 10.1. The number of hydrogen-bond donors (Lipinski definition) is 1. The fourth-order valence-corrected chi connectivity index (χ4v) is 2.41. The Kier molecular flexibility index (Phi) is 6.07. The summed E-state index contributed by atoms with van der Waals surface area (Å²) in [5.74, 6) is -0.736. The van der Waals surface area contributed by atoms with Crippen molar-refractivity contribution in [1.29, 1.82) is 0 Å². The van der Waals surface area contributed by atoms with Crippen LogP contribution in [0.1, 0.15) is 29.8 Å². The van der Waals surface area contributed by atoms with Gasteiger partial charge in [0.15, 0.2) is 0 Å². The monoisotopic (exact) mass is 328 g/mol. The molecule has 0 atom stereocenters. The molecule has 0 radical (unpaired) electrons. The van der Waals surface area contributed by atoms with Crippen molar-refractivity contribution in [2.45, 2.75) is 20.3 Å². The number of carbonyl (C=O) groups is 2. The van der Waals surface area contributed by atoms with Crippen molar-refractivity contribution in [3.8, 4) is 0 Å². The van der Waals surface area contributed by atoms with Gasteiger partial charge in [0.25, 0.3) is 5.91 Å². The van der Waals surface area contributed by atoms with Gasteiger partial charge in [0.1, 0.15) is 5.82 Å². The first-order valence-corrected chi connectivity index (χ1v) is 7.97. The van der Waals surface area contributed by atoms with Crippen LogP contribution in [0.5, 0.6) is 0 Å². The SMILES string of the molecule is CCN(CC)C(=O)c1ccc(NC(=O)Cc2ccccc2F)cc1. The van der Waals surface area contributed by atoms with Gasteiger partial charge in [-0.05, 0) is 49.7 Å². The molecule has 5 heteroatoms. The molecule has 0 heterocycles. The van der Waals surface area contributed by atoms with Crippen LogP contribution in [0, 0.1) is 5.82 Å². The second-order valence-corrected chi connectivity index (χ2v) is 5.37. The average Bonchev–Trinajstić information content (AvgIpc) is 2.58. The van der Waals surface area contributed by atoms with E-state index in [1.54, 1.807) is 47.4 Å². The lowest BCUT2D eigenvalue weighted by Crippen LogP contribution is -2.30. The minimum absolute atomic E-state index is 0.0349. The van der Waals surface area contributed by atoms with Gasteiger partial charge >= 0.3 is 0 Å². The van der Waals surface area contributed by atoms with Gasteiger partial charge in [0.2, 0.25) is 5.91 Å². The van der Waals surface area contributed by atoms with E-state index in [-0.39, 0.29) is 18.2 Å². The molecule has 126 valence electrons. The first-order chi connectivity index (χ1) is 11.5. The zero-order valence-electron chi connectivity index (χ0n) is 13.9. The van der Waals surface area contributed by atoms with Crippen LogP contribution in [0.2, 0.25) is 0 Å². The van der Waals surface area contributed by atoms with Crippen LogP contribution in [0.3, 0.4) is 0 Å². The molecule has 0 spiro atoms. The smallest absolute Gasteiger partial charge is 0.253 e. The highest BCUT2D eigenvalue weighted by Gasteiger charge is 2.12. The van der Waals surface area contributed by atoms with Crippen LogP contribution in [0.15, 0.2) is 48.5 Å². The van der Waals surface area contributed by atoms with Crippen LogP contribution in [0.25, 0.3) is 0 Å². The van der Waals surface area contributed by atoms with E-state index in [1.165, 1.54) is 6.07 Å². The van der Waals surface area contributed by atoms with Crippen molar-refractivity contribution >= 4 is 17.5 Å². The lowest BCUT2D eigenvalue weighted by molar-refractivity contribution is -0.115. The van der Waals surface area contributed by atoms with Gasteiger partial charge in [-0.25, -0.2) is 4.39 Å². The molecule has 0 fully saturated rings. The Morgan fingerprint density at radius 1 is 1.00 bits per heavy atom. The van der Waals surface area contributed by atoms with Crippen LogP contribution in [0.4, 0.5) is 10.1 Å². The second-order valence-electron chi connectivity index (χ2n) is 5.37. The van der Waals surface area contributed by atoms with E-state index in [0.29, 0.717) is 29.9 Å². The molecule has 2 amide bonds. The summed E-state index contributed by atoms with van der Waals surface area (Å²) in [5, 5.41) is 2.71. The van der Waals surface area contributed by atoms with Crippen molar-refractivity contribution < 1.29 is 14.0 Å². The molecular weight excluding hydrogens is 307 g/mol. The Bertz CT molecular complexity index is 710. The predicted molar refractivity (Wildman–Crippen MR) is 92.4 cm³/mol. The van der Waals surface area contributed by atoms with Gasteiger partial charge in [-0.1, -0.05) is 18.2 Å². The summed E-state index contributed by atoms with van der Waals surface area (Å²) in [4.78, 5) is 25.9.